The van der Waals surface area contributed by atoms with Crippen LogP contribution in [0.15, 0.2) is 36.5 Å². The molecular formula is C37H71NO2. The molecule has 2 unspecified atom stereocenters. The molecule has 0 aliphatic carbocycles. The van der Waals surface area contributed by atoms with Gasteiger partial charge in [0.2, 0.25) is 0 Å². The second-order valence-electron chi connectivity index (χ2n) is 11.9. The highest BCUT2D eigenvalue weighted by Gasteiger charge is 2.29. The maximum Gasteiger partial charge on any atom is 0.165 e. The molecule has 40 heavy (non-hydrogen) atoms. The fraction of sp³-hybridized carbons (Fsp3) is 0.838. The Balaban J connectivity index is 4.07. The van der Waals surface area contributed by atoms with E-state index in [-0.39, 0.29) is 6.10 Å². The van der Waals surface area contributed by atoms with Gasteiger partial charge in [0.15, 0.2) is 5.79 Å². The van der Waals surface area contributed by atoms with Gasteiger partial charge in [0.1, 0.15) is 0 Å². The van der Waals surface area contributed by atoms with Crippen molar-refractivity contribution in [1.29, 1.82) is 0 Å². The van der Waals surface area contributed by atoms with Gasteiger partial charge < -0.3 is 15.6 Å². The van der Waals surface area contributed by atoms with Gasteiger partial charge >= 0.3 is 0 Å². The van der Waals surface area contributed by atoms with Crippen molar-refractivity contribution in [2.24, 2.45) is 5.73 Å². The zero-order valence-electron chi connectivity index (χ0n) is 27.4. The predicted molar refractivity (Wildman–Crippen MR) is 179 cm³/mol. The molecule has 3 N–H and O–H groups in total. The van der Waals surface area contributed by atoms with Crippen molar-refractivity contribution in [1.82, 2.24) is 0 Å². The van der Waals surface area contributed by atoms with Crippen molar-refractivity contribution < 1.29 is 9.84 Å². The van der Waals surface area contributed by atoms with E-state index in [1.807, 2.05) is 0 Å². The van der Waals surface area contributed by atoms with Crippen molar-refractivity contribution in [2.75, 3.05) is 6.54 Å². The summed E-state index contributed by atoms with van der Waals surface area (Å²) in [5, 5.41) is 11.4. The number of allylic oxidation sites excluding steroid dienone is 6. The van der Waals surface area contributed by atoms with Gasteiger partial charge in [-0.1, -0.05) is 128 Å². The third kappa shape index (κ3) is 27.3. The van der Waals surface area contributed by atoms with Gasteiger partial charge in [0, 0.05) is 12.8 Å². The first-order valence-corrected chi connectivity index (χ1v) is 17.7. The summed E-state index contributed by atoms with van der Waals surface area (Å²) in [5.41, 5.74) is 5.80. The van der Waals surface area contributed by atoms with Gasteiger partial charge in [-0.15, -0.1) is 0 Å². The minimum Gasteiger partial charge on any atom is -0.365 e. The quantitative estimate of drug-likeness (QED) is 0.0502. The Kier molecular flexibility index (Phi) is 30.3. The molecule has 0 spiro atoms. The van der Waals surface area contributed by atoms with Crippen LogP contribution in [0.2, 0.25) is 0 Å². The van der Waals surface area contributed by atoms with Crippen LogP contribution in [-0.4, -0.2) is 23.5 Å². The Morgan fingerprint density at radius 2 is 1.02 bits per heavy atom. The summed E-state index contributed by atoms with van der Waals surface area (Å²) in [7, 11) is 0. The van der Waals surface area contributed by atoms with Crippen molar-refractivity contribution in [3.63, 3.8) is 0 Å². The normalized spacial score (nSPS) is 14.6. The molecule has 0 aliphatic rings. The van der Waals surface area contributed by atoms with E-state index in [0.717, 1.165) is 44.9 Å². The standard InChI is InChI=1S/C37H71NO2/c1-4-7-9-11-13-15-17-18-19-20-21-23-25-27-29-31-34-37(39,40-36(6-3)32-35-38)33-30-28-26-24-22-16-14-12-10-8-5-2/h10,12-13,15,18-19,36,39H,4-9,11,14,16-17,20-35,38H2,1-3H3/b12-10-,15-13-,19-18-. The van der Waals surface area contributed by atoms with Crippen LogP contribution >= 0.6 is 0 Å². The maximum atomic E-state index is 11.4. The molecule has 0 saturated heterocycles. The number of unbranched alkanes of at least 4 members (excludes halogenated alkanes) is 16. The fourth-order valence-electron chi connectivity index (χ4n) is 5.25. The van der Waals surface area contributed by atoms with Gasteiger partial charge in [0.25, 0.3) is 0 Å². The van der Waals surface area contributed by atoms with E-state index in [0.29, 0.717) is 6.54 Å². The zero-order chi connectivity index (χ0) is 29.4. The lowest BCUT2D eigenvalue weighted by atomic mass is 9.98. The summed E-state index contributed by atoms with van der Waals surface area (Å²) in [6.07, 6.45) is 43.3. The SMILES string of the molecule is CCC/C=C\CCCCCCCCC(O)(CCCCCCCC/C=C\C/C=C\CCCCC)OC(CC)CCN. The molecule has 3 heteroatoms. The summed E-state index contributed by atoms with van der Waals surface area (Å²) in [5.74, 6) is -0.977. The lowest BCUT2D eigenvalue weighted by Gasteiger charge is -2.33. The minimum absolute atomic E-state index is 0.0698. The first-order chi connectivity index (χ1) is 19.6. The Labute approximate surface area is 251 Å². The third-order valence-corrected chi connectivity index (χ3v) is 7.91. The molecular weight excluding hydrogens is 490 g/mol. The molecule has 236 valence electrons. The second kappa shape index (κ2) is 31.0. The molecule has 3 nitrogen and oxygen atoms in total. The molecule has 2 atom stereocenters. The molecule has 0 rings (SSSR count). The highest BCUT2D eigenvalue weighted by Crippen LogP contribution is 2.28. The molecule has 0 heterocycles. The number of hydrogen-bond donors (Lipinski definition) is 2. The molecule has 0 amide bonds. The van der Waals surface area contributed by atoms with Crippen LogP contribution in [0.1, 0.15) is 181 Å². The van der Waals surface area contributed by atoms with Crippen molar-refractivity contribution in [3.05, 3.63) is 36.5 Å². The smallest absolute Gasteiger partial charge is 0.165 e. The highest BCUT2D eigenvalue weighted by molar-refractivity contribution is 4.92. The molecule has 0 aromatic rings. The van der Waals surface area contributed by atoms with Crippen LogP contribution in [0, 0.1) is 0 Å². The third-order valence-electron chi connectivity index (χ3n) is 7.91. The number of rotatable bonds is 31. The van der Waals surface area contributed by atoms with Crippen LogP contribution in [0.25, 0.3) is 0 Å². The molecule has 0 aromatic carbocycles. The summed E-state index contributed by atoms with van der Waals surface area (Å²) in [4.78, 5) is 0. The number of hydrogen-bond acceptors (Lipinski definition) is 3. The van der Waals surface area contributed by atoms with Crippen LogP contribution in [0.3, 0.4) is 0 Å². The van der Waals surface area contributed by atoms with Gasteiger partial charge in [-0.05, 0) is 83.6 Å². The van der Waals surface area contributed by atoms with Gasteiger partial charge in [-0.2, -0.15) is 0 Å². The summed E-state index contributed by atoms with van der Waals surface area (Å²) >= 11 is 0. The van der Waals surface area contributed by atoms with Gasteiger partial charge in [0.05, 0.1) is 6.10 Å². The average molecular weight is 562 g/mol. The number of aliphatic hydroxyl groups is 1. The molecule has 0 fully saturated rings. The summed E-state index contributed by atoms with van der Waals surface area (Å²) < 4.78 is 6.30. The van der Waals surface area contributed by atoms with Gasteiger partial charge in [-0.25, -0.2) is 0 Å². The predicted octanol–water partition coefficient (Wildman–Crippen LogP) is 11.5. The molecule has 0 radical (unpaired) electrons. The van der Waals surface area contributed by atoms with Crippen LogP contribution in [0.4, 0.5) is 0 Å². The monoisotopic (exact) mass is 562 g/mol. The Hall–Kier alpha value is -0.900. The van der Waals surface area contributed by atoms with E-state index in [1.54, 1.807) is 0 Å². The fourth-order valence-corrected chi connectivity index (χ4v) is 5.25. The van der Waals surface area contributed by atoms with Gasteiger partial charge in [-0.3, -0.25) is 0 Å². The van der Waals surface area contributed by atoms with E-state index in [1.165, 1.54) is 116 Å². The van der Waals surface area contributed by atoms with Crippen molar-refractivity contribution in [3.8, 4) is 0 Å². The average Bonchev–Trinajstić information content (AvgIpc) is 2.95. The summed E-state index contributed by atoms with van der Waals surface area (Å²) in [6, 6.07) is 0. The number of ether oxygens (including phenoxy) is 1. The van der Waals surface area contributed by atoms with E-state index in [2.05, 4.69) is 57.2 Å². The molecule has 0 aromatic heterocycles. The maximum absolute atomic E-state index is 11.4. The first-order valence-electron chi connectivity index (χ1n) is 17.7. The Morgan fingerprint density at radius 3 is 1.50 bits per heavy atom. The van der Waals surface area contributed by atoms with Crippen LogP contribution in [0.5, 0.6) is 0 Å². The molecule has 0 saturated carbocycles. The van der Waals surface area contributed by atoms with Crippen LogP contribution < -0.4 is 5.73 Å². The highest BCUT2D eigenvalue weighted by atomic mass is 16.6. The second-order valence-corrected chi connectivity index (χ2v) is 11.9. The number of nitrogens with two attached hydrogens (primary N) is 1. The topological polar surface area (TPSA) is 55.5 Å². The van der Waals surface area contributed by atoms with E-state index in [4.69, 9.17) is 10.5 Å². The van der Waals surface area contributed by atoms with Crippen LogP contribution in [-0.2, 0) is 4.74 Å². The van der Waals surface area contributed by atoms with E-state index < -0.39 is 5.79 Å². The van der Waals surface area contributed by atoms with E-state index in [9.17, 15) is 5.11 Å². The lowest BCUT2D eigenvalue weighted by molar-refractivity contribution is -0.240. The summed E-state index contributed by atoms with van der Waals surface area (Å²) in [6.45, 7) is 7.24. The Bertz CT molecular complexity index is 585. The minimum atomic E-state index is -0.977. The zero-order valence-corrected chi connectivity index (χ0v) is 27.4. The first kappa shape index (κ1) is 39.1. The molecule has 0 bridgehead atoms. The largest absolute Gasteiger partial charge is 0.365 e. The lowest BCUT2D eigenvalue weighted by Crippen LogP contribution is -2.37. The Morgan fingerprint density at radius 1 is 0.575 bits per heavy atom. The van der Waals surface area contributed by atoms with Crippen molar-refractivity contribution in [2.45, 2.75) is 193 Å². The van der Waals surface area contributed by atoms with E-state index >= 15 is 0 Å². The van der Waals surface area contributed by atoms with Crippen molar-refractivity contribution >= 4 is 0 Å². The molecule has 0 aliphatic heterocycles.